The van der Waals surface area contributed by atoms with E-state index in [9.17, 15) is 18.7 Å². The molecule has 2 heterocycles. The maximum Gasteiger partial charge on any atom is 0.336 e. The number of carboxylic acid groups (broad SMARTS) is 1. The Hall–Kier alpha value is -3.16. The van der Waals surface area contributed by atoms with Crippen LogP contribution in [0.4, 0.5) is 8.78 Å². The smallest absolute Gasteiger partial charge is 0.336 e. The fourth-order valence-electron chi connectivity index (χ4n) is 3.54. The largest absolute Gasteiger partial charge is 0.478 e. The molecule has 0 aliphatic rings. The lowest BCUT2D eigenvalue weighted by molar-refractivity contribution is -0.0232. The zero-order valence-electron chi connectivity index (χ0n) is 18.4. The van der Waals surface area contributed by atoms with Gasteiger partial charge in [0.25, 0.3) is 0 Å². The Kier molecular flexibility index (Phi) is 7.66. The number of nitrogens with zero attached hydrogens (tertiary/aromatic N) is 4. The van der Waals surface area contributed by atoms with E-state index < -0.39 is 17.7 Å². The number of rotatable bonds is 11. The third-order valence-electron chi connectivity index (χ3n) is 5.23. The van der Waals surface area contributed by atoms with Crippen LogP contribution in [0.3, 0.4) is 0 Å². The number of hydrogen-bond donors (Lipinski definition) is 1. The number of carboxylic acids is 1. The number of pyridine rings is 1. The van der Waals surface area contributed by atoms with Crippen molar-refractivity contribution < 1.29 is 18.7 Å². The first-order valence-corrected chi connectivity index (χ1v) is 10.9. The molecule has 0 aliphatic carbocycles. The number of alkyl halides is 2. The number of unbranched alkanes of at least 4 members (excludes halogenated alkanes) is 2. The molecular weight excluding hydrogens is 414 g/mol. The van der Waals surface area contributed by atoms with E-state index in [4.69, 9.17) is 0 Å². The summed E-state index contributed by atoms with van der Waals surface area (Å²) < 4.78 is 30.4. The zero-order chi connectivity index (χ0) is 23.1. The van der Waals surface area contributed by atoms with Gasteiger partial charge >= 0.3 is 11.9 Å². The van der Waals surface area contributed by atoms with Gasteiger partial charge in [-0.15, -0.1) is 5.10 Å². The minimum atomic E-state index is -3.05. The Morgan fingerprint density at radius 2 is 1.88 bits per heavy atom. The molecule has 1 N–H and O–H groups in total. The summed E-state index contributed by atoms with van der Waals surface area (Å²) in [5, 5.41) is 13.5. The van der Waals surface area contributed by atoms with Crippen LogP contribution in [0.5, 0.6) is 0 Å². The molecule has 0 spiro atoms. The van der Waals surface area contributed by atoms with Gasteiger partial charge in [-0.25, -0.2) is 14.5 Å². The maximum absolute atomic E-state index is 14.4. The van der Waals surface area contributed by atoms with Crippen molar-refractivity contribution in [3.05, 3.63) is 65.4 Å². The number of hydrogen-bond acceptors (Lipinski definition) is 4. The predicted octanol–water partition coefficient (Wildman–Crippen LogP) is 5.71. The summed E-state index contributed by atoms with van der Waals surface area (Å²) in [6.07, 6.45) is 5.14. The highest BCUT2D eigenvalue weighted by atomic mass is 19.3. The first-order valence-electron chi connectivity index (χ1n) is 10.9. The van der Waals surface area contributed by atoms with Crippen molar-refractivity contribution in [3.63, 3.8) is 0 Å². The number of aromatic carboxylic acids is 1. The normalized spacial score (nSPS) is 11.6. The molecule has 0 radical (unpaired) electrons. The molecule has 0 amide bonds. The van der Waals surface area contributed by atoms with Crippen molar-refractivity contribution in [2.24, 2.45) is 0 Å². The monoisotopic (exact) mass is 442 g/mol. The SMILES string of the molecule is CCCCCc1nc(C(F)(F)CCC)nn1Cc1ccc(-c2ccccc2C(=O)O)nc1. The summed E-state index contributed by atoms with van der Waals surface area (Å²) in [6, 6.07) is 10.2. The minimum Gasteiger partial charge on any atom is -0.478 e. The van der Waals surface area contributed by atoms with Crippen LogP contribution in [-0.4, -0.2) is 30.8 Å². The average molecular weight is 443 g/mol. The zero-order valence-corrected chi connectivity index (χ0v) is 18.4. The van der Waals surface area contributed by atoms with Crippen molar-refractivity contribution in [3.8, 4) is 11.3 Å². The summed E-state index contributed by atoms with van der Waals surface area (Å²) in [6.45, 7) is 4.06. The fraction of sp³-hybridized carbons (Fsp3) is 0.417. The van der Waals surface area contributed by atoms with Gasteiger partial charge in [0.15, 0.2) is 0 Å². The Bertz CT molecular complexity index is 1050. The van der Waals surface area contributed by atoms with Crippen molar-refractivity contribution in [2.75, 3.05) is 0 Å². The molecule has 0 saturated carbocycles. The lowest BCUT2D eigenvalue weighted by Gasteiger charge is -2.10. The van der Waals surface area contributed by atoms with Gasteiger partial charge in [-0.2, -0.15) is 8.78 Å². The standard InChI is InChI=1S/C24H28F2N4O2/c1-3-5-6-11-21-28-23(24(25,26)14-4-2)29-30(21)16-17-12-13-20(27-15-17)18-9-7-8-10-19(18)22(31)32/h7-10,12-13,15H,3-6,11,14,16H2,1-2H3,(H,31,32). The predicted molar refractivity (Wildman–Crippen MR) is 118 cm³/mol. The molecule has 0 unspecified atom stereocenters. The molecule has 0 atom stereocenters. The lowest BCUT2D eigenvalue weighted by Crippen LogP contribution is -2.16. The van der Waals surface area contributed by atoms with Crippen LogP contribution in [0.2, 0.25) is 0 Å². The number of carbonyl (C=O) groups is 1. The number of halogens is 2. The average Bonchev–Trinajstić information content (AvgIpc) is 3.18. The maximum atomic E-state index is 14.4. The van der Waals surface area contributed by atoms with Gasteiger partial charge in [0.2, 0.25) is 5.82 Å². The molecule has 32 heavy (non-hydrogen) atoms. The van der Waals surface area contributed by atoms with Gasteiger partial charge in [-0.1, -0.05) is 51.0 Å². The number of aryl methyl sites for hydroxylation is 1. The summed E-state index contributed by atoms with van der Waals surface area (Å²) in [5.41, 5.74) is 2.00. The number of aromatic nitrogens is 4. The van der Waals surface area contributed by atoms with E-state index in [1.165, 1.54) is 10.7 Å². The number of benzene rings is 1. The van der Waals surface area contributed by atoms with Crippen molar-refractivity contribution >= 4 is 5.97 Å². The minimum absolute atomic E-state index is 0.171. The van der Waals surface area contributed by atoms with Crippen LogP contribution < -0.4 is 0 Å². The van der Waals surface area contributed by atoms with E-state index in [1.54, 1.807) is 37.4 Å². The van der Waals surface area contributed by atoms with Gasteiger partial charge in [0.1, 0.15) is 5.82 Å². The van der Waals surface area contributed by atoms with Crippen molar-refractivity contribution in [1.82, 2.24) is 19.7 Å². The Balaban J connectivity index is 1.86. The van der Waals surface area contributed by atoms with Crippen molar-refractivity contribution in [2.45, 2.75) is 64.8 Å². The van der Waals surface area contributed by atoms with E-state index in [0.717, 1.165) is 24.8 Å². The highest BCUT2D eigenvalue weighted by molar-refractivity contribution is 5.95. The molecule has 0 bridgehead atoms. The van der Waals surface area contributed by atoms with Crippen molar-refractivity contribution in [1.29, 1.82) is 0 Å². The van der Waals surface area contributed by atoms with Crippen LogP contribution in [-0.2, 0) is 18.9 Å². The van der Waals surface area contributed by atoms with E-state index >= 15 is 0 Å². The summed E-state index contributed by atoms with van der Waals surface area (Å²) in [5.74, 6) is -3.95. The van der Waals surface area contributed by atoms with Gasteiger partial charge < -0.3 is 5.11 Å². The molecule has 0 saturated heterocycles. The van der Waals surface area contributed by atoms with Crippen LogP contribution in [0.25, 0.3) is 11.3 Å². The van der Waals surface area contributed by atoms with Gasteiger partial charge in [0, 0.05) is 24.6 Å². The molecule has 0 aliphatic heterocycles. The lowest BCUT2D eigenvalue weighted by atomic mass is 10.0. The third kappa shape index (κ3) is 5.55. The second-order valence-corrected chi connectivity index (χ2v) is 7.82. The third-order valence-corrected chi connectivity index (χ3v) is 5.23. The first kappa shape index (κ1) is 23.5. The van der Waals surface area contributed by atoms with Crippen LogP contribution in [0.15, 0.2) is 42.6 Å². The fourth-order valence-corrected chi connectivity index (χ4v) is 3.54. The van der Waals surface area contributed by atoms with Gasteiger partial charge in [-0.05, 0) is 30.5 Å². The molecular formula is C24H28F2N4O2. The highest BCUT2D eigenvalue weighted by Crippen LogP contribution is 2.31. The highest BCUT2D eigenvalue weighted by Gasteiger charge is 2.36. The molecule has 1 aromatic carbocycles. The molecule has 2 aromatic heterocycles. The molecule has 3 rings (SSSR count). The first-order chi connectivity index (χ1) is 15.4. The molecule has 6 nitrogen and oxygen atoms in total. The van der Waals surface area contributed by atoms with E-state index in [0.29, 0.717) is 29.9 Å². The quantitative estimate of drug-likeness (QED) is 0.385. The molecule has 0 fully saturated rings. The molecule has 3 aromatic rings. The Morgan fingerprint density at radius 1 is 1.09 bits per heavy atom. The van der Waals surface area contributed by atoms with E-state index in [1.807, 2.05) is 6.07 Å². The summed E-state index contributed by atoms with van der Waals surface area (Å²) in [7, 11) is 0. The summed E-state index contributed by atoms with van der Waals surface area (Å²) >= 11 is 0. The van der Waals surface area contributed by atoms with Gasteiger partial charge in [-0.3, -0.25) is 4.98 Å². The summed E-state index contributed by atoms with van der Waals surface area (Å²) in [4.78, 5) is 20.1. The Morgan fingerprint density at radius 3 is 2.53 bits per heavy atom. The van der Waals surface area contributed by atoms with E-state index in [-0.39, 0.29) is 18.5 Å². The van der Waals surface area contributed by atoms with Crippen LogP contribution in [0, 0.1) is 0 Å². The topological polar surface area (TPSA) is 80.9 Å². The second-order valence-electron chi connectivity index (χ2n) is 7.82. The van der Waals surface area contributed by atoms with Crippen LogP contribution >= 0.6 is 0 Å². The van der Waals surface area contributed by atoms with Crippen LogP contribution in [0.1, 0.15) is 73.5 Å². The second kappa shape index (κ2) is 10.4. The van der Waals surface area contributed by atoms with E-state index in [2.05, 4.69) is 22.0 Å². The molecule has 8 heteroatoms. The molecule has 170 valence electrons. The Labute approximate surface area is 186 Å². The van der Waals surface area contributed by atoms with Gasteiger partial charge in [0.05, 0.1) is 17.8 Å².